The molecule has 30 heavy (non-hydrogen) atoms. The standard InChI is InChI=1S/C20H15N5O4S/c1-12-21-18-19(30-12)17(13-6-3-2-4-7-13)23-24(20(18)27)11-16(26)22-14-8-5-9-15(10-14)25(28)29/h2-10H,11H2,1H3,(H,22,26). The smallest absolute Gasteiger partial charge is 0.294 e. The number of carbonyl (C=O) groups excluding carboxylic acids is 1. The van der Waals surface area contributed by atoms with E-state index in [-0.39, 0.29) is 23.4 Å². The average molecular weight is 421 g/mol. The van der Waals surface area contributed by atoms with Crippen molar-refractivity contribution in [2.45, 2.75) is 13.5 Å². The first-order valence-electron chi connectivity index (χ1n) is 8.90. The number of aryl methyl sites for hydroxylation is 1. The second kappa shape index (κ2) is 7.84. The topological polar surface area (TPSA) is 120 Å². The van der Waals surface area contributed by atoms with E-state index in [0.717, 1.165) is 15.3 Å². The van der Waals surface area contributed by atoms with Gasteiger partial charge in [0, 0.05) is 23.4 Å². The third-order valence-electron chi connectivity index (χ3n) is 4.29. The molecule has 0 saturated carbocycles. The number of nitrogens with zero attached hydrogens (tertiary/aromatic N) is 4. The molecule has 1 amide bonds. The number of thiazole rings is 1. The van der Waals surface area contributed by atoms with Gasteiger partial charge in [0.25, 0.3) is 11.2 Å². The second-order valence-electron chi connectivity index (χ2n) is 6.44. The fourth-order valence-electron chi connectivity index (χ4n) is 2.99. The highest BCUT2D eigenvalue weighted by Gasteiger charge is 2.18. The minimum Gasteiger partial charge on any atom is -0.324 e. The van der Waals surface area contributed by atoms with Crippen molar-refractivity contribution in [1.82, 2.24) is 14.8 Å². The number of aromatic nitrogens is 3. The van der Waals surface area contributed by atoms with Crippen LogP contribution in [0.4, 0.5) is 11.4 Å². The molecule has 2 aromatic heterocycles. The zero-order valence-electron chi connectivity index (χ0n) is 15.7. The van der Waals surface area contributed by atoms with E-state index in [4.69, 9.17) is 0 Å². The van der Waals surface area contributed by atoms with Crippen LogP contribution in [0.3, 0.4) is 0 Å². The highest BCUT2D eigenvalue weighted by atomic mass is 32.1. The maximum Gasteiger partial charge on any atom is 0.294 e. The first-order chi connectivity index (χ1) is 14.4. The Hall–Kier alpha value is -3.92. The summed E-state index contributed by atoms with van der Waals surface area (Å²) in [6.07, 6.45) is 0. The summed E-state index contributed by atoms with van der Waals surface area (Å²) in [5, 5.41) is 18.6. The molecule has 0 spiro atoms. The van der Waals surface area contributed by atoms with Crippen molar-refractivity contribution >= 4 is 38.8 Å². The lowest BCUT2D eigenvalue weighted by molar-refractivity contribution is -0.384. The van der Waals surface area contributed by atoms with E-state index in [1.165, 1.54) is 35.6 Å². The van der Waals surface area contributed by atoms with Gasteiger partial charge in [-0.1, -0.05) is 36.4 Å². The molecule has 0 aliphatic rings. The SMILES string of the molecule is Cc1nc2c(=O)n(CC(=O)Nc3cccc([N+](=O)[O-])c3)nc(-c3ccccc3)c2s1. The number of nitrogens with one attached hydrogen (secondary N) is 1. The van der Waals surface area contributed by atoms with Gasteiger partial charge < -0.3 is 5.32 Å². The third kappa shape index (κ3) is 3.80. The molecule has 0 aliphatic heterocycles. The molecule has 0 aliphatic carbocycles. The van der Waals surface area contributed by atoms with Crippen LogP contribution in [-0.4, -0.2) is 25.6 Å². The first-order valence-corrected chi connectivity index (χ1v) is 9.72. The molecular weight excluding hydrogens is 406 g/mol. The summed E-state index contributed by atoms with van der Waals surface area (Å²) in [7, 11) is 0. The quantitative estimate of drug-likeness (QED) is 0.390. The Morgan fingerprint density at radius 2 is 1.97 bits per heavy atom. The molecule has 0 radical (unpaired) electrons. The lowest BCUT2D eigenvalue weighted by Gasteiger charge is -2.09. The Morgan fingerprint density at radius 1 is 1.20 bits per heavy atom. The molecule has 2 heterocycles. The summed E-state index contributed by atoms with van der Waals surface area (Å²) in [5.41, 5.74) is 1.28. The van der Waals surface area contributed by atoms with Crippen molar-refractivity contribution in [3.05, 3.63) is 80.1 Å². The maximum absolute atomic E-state index is 12.8. The Morgan fingerprint density at radius 3 is 2.70 bits per heavy atom. The number of carbonyl (C=O) groups is 1. The molecular formula is C20H15N5O4S. The number of hydrogen-bond donors (Lipinski definition) is 1. The van der Waals surface area contributed by atoms with Gasteiger partial charge in [0.2, 0.25) is 5.91 Å². The van der Waals surface area contributed by atoms with Crippen molar-refractivity contribution in [3.63, 3.8) is 0 Å². The summed E-state index contributed by atoms with van der Waals surface area (Å²) in [5.74, 6) is -0.532. The number of hydrogen-bond acceptors (Lipinski definition) is 7. The van der Waals surface area contributed by atoms with Crippen LogP contribution in [0.5, 0.6) is 0 Å². The Kier molecular flexibility index (Phi) is 5.07. The molecule has 2 aromatic carbocycles. The monoisotopic (exact) mass is 421 g/mol. The predicted molar refractivity (Wildman–Crippen MR) is 114 cm³/mol. The van der Waals surface area contributed by atoms with Crippen LogP contribution in [0, 0.1) is 17.0 Å². The predicted octanol–water partition coefficient (Wildman–Crippen LogP) is 3.38. The van der Waals surface area contributed by atoms with Crippen molar-refractivity contribution in [2.24, 2.45) is 0 Å². The van der Waals surface area contributed by atoms with Crippen LogP contribution in [0.1, 0.15) is 5.01 Å². The highest BCUT2D eigenvalue weighted by molar-refractivity contribution is 7.19. The lowest BCUT2D eigenvalue weighted by atomic mass is 10.1. The molecule has 1 N–H and O–H groups in total. The Balaban J connectivity index is 1.70. The normalized spacial score (nSPS) is 10.8. The van der Waals surface area contributed by atoms with E-state index >= 15 is 0 Å². The molecule has 150 valence electrons. The van der Waals surface area contributed by atoms with Crippen molar-refractivity contribution in [2.75, 3.05) is 5.32 Å². The van der Waals surface area contributed by atoms with Gasteiger partial charge in [0.15, 0.2) is 5.52 Å². The second-order valence-corrected chi connectivity index (χ2v) is 7.65. The van der Waals surface area contributed by atoms with Crippen LogP contribution in [0.15, 0.2) is 59.4 Å². The van der Waals surface area contributed by atoms with Gasteiger partial charge in [-0.25, -0.2) is 9.67 Å². The van der Waals surface area contributed by atoms with Gasteiger partial charge in [-0.2, -0.15) is 5.10 Å². The number of fused-ring (bicyclic) bond motifs is 1. The first kappa shape index (κ1) is 19.4. The molecule has 9 nitrogen and oxygen atoms in total. The molecule has 4 aromatic rings. The molecule has 0 bridgehead atoms. The van der Waals surface area contributed by atoms with E-state index in [1.807, 2.05) is 30.3 Å². The molecule has 10 heteroatoms. The van der Waals surface area contributed by atoms with Crippen LogP contribution >= 0.6 is 11.3 Å². The Labute approximate surface area is 173 Å². The minimum absolute atomic E-state index is 0.145. The van der Waals surface area contributed by atoms with E-state index in [1.54, 1.807) is 6.92 Å². The van der Waals surface area contributed by atoms with Crippen molar-refractivity contribution in [1.29, 1.82) is 0 Å². The summed E-state index contributed by atoms with van der Waals surface area (Å²) in [6.45, 7) is 1.45. The van der Waals surface area contributed by atoms with Crippen LogP contribution in [-0.2, 0) is 11.3 Å². The number of nitro benzene ring substituents is 1. The number of rotatable bonds is 5. The van der Waals surface area contributed by atoms with E-state index in [2.05, 4.69) is 15.4 Å². The summed E-state index contributed by atoms with van der Waals surface area (Å²) < 4.78 is 1.73. The average Bonchev–Trinajstić information content (AvgIpc) is 3.13. The van der Waals surface area contributed by atoms with Gasteiger partial charge in [-0.15, -0.1) is 11.3 Å². The van der Waals surface area contributed by atoms with Crippen LogP contribution < -0.4 is 10.9 Å². The van der Waals surface area contributed by atoms with Crippen molar-refractivity contribution in [3.8, 4) is 11.3 Å². The van der Waals surface area contributed by atoms with Gasteiger partial charge in [0.05, 0.1) is 14.6 Å². The van der Waals surface area contributed by atoms with Gasteiger partial charge in [-0.05, 0) is 13.0 Å². The number of nitro groups is 1. The highest BCUT2D eigenvalue weighted by Crippen LogP contribution is 2.29. The number of amides is 1. The number of anilines is 1. The van der Waals surface area contributed by atoms with Crippen molar-refractivity contribution < 1.29 is 9.72 Å². The molecule has 4 rings (SSSR count). The molecule has 0 fully saturated rings. The van der Waals surface area contributed by atoms with E-state index in [0.29, 0.717) is 10.4 Å². The maximum atomic E-state index is 12.8. The van der Waals surface area contributed by atoms with E-state index < -0.39 is 16.4 Å². The van der Waals surface area contributed by atoms with Gasteiger partial charge in [0.1, 0.15) is 12.2 Å². The van der Waals surface area contributed by atoms with Crippen LogP contribution in [0.2, 0.25) is 0 Å². The zero-order chi connectivity index (χ0) is 21.3. The summed E-state index contributed by atoms with van der Waals surface area (Å²) in [4.78, 5) is 40.0. The third-order valence-corrected chi connectivity index (χ3v) is 5.27. The zero-order valence-corrected chi connectivity index (χ0v) is 16.5. The number of non-ortho nitro benzene ring substituents is 1. The molecule has 0 saturated heterocycles. The minimum atomic E-state index is -0.549. The molecule has 0 unspecified atom stereocenters. The van der Waals surface area contributed by atoms with Gasteiger partial charge >= 0.3 is 0 Å². The van der Waals surface area contributed by atoms with Crippen LogP contribution in [0.25, 0.3) is 21.5 Å². The summed E-state index contributed by atoms with van der Waals surface area (Å²) in [6, 6.07) is 14.9. The lowest BCUT2D eigenvalue weighted by Crippen LogP contribution is -2.30. The number of benzene rings is 2. The van der Waals surface area contributed by atoms with E-state index in [9.17, 15) is 19.7 Å². The molecule has 0 atom stereocenters. The van der Waals surface area contributed by atoms with Gasteiger partial charge in [-0.3, -0.25) is 19.7 Å². The fourth-order valence-corrected chi connectivity index (χ4v) is 3.91. The fraction of sp³-hybridized carbons (Fsp3) is 0.100. The summed E-state index contributed by atoms with van der Waals surface area (Å²) >= 11 is 1.37. The largest absolute Gasteiger partial charge is 0.324 e. The Bertz CT molecular complexity index is 1330.